The summed E-state index contributed by atoms with van der Waals surface area (Å²) in [6.07, 6.45) is 0. The number of methoxy groups -OCH3 is 1. The van der Waals surface area contributed by atoms with Crippen LogP contribution in [0, 0.1) is 10.5 Å². The Kier molecular flexibility index (Phi) is 6.71. The predicted octanol–water partition coefficient (Wildman–Crippen LogP) is 2.56. The molecular weight excluding hydrogens is 453 g/mol. The van der Waals surface area contributed by atoms with Gasteiger partial charge in [0.1, 0.15) is 5.75 Å². The molecule has 2 rings (SSSR count). The lowest BCUT2D eigenvalue weighted by Crippen LogP contribution is -2.48. The second kappa shape index (κ2) is 8.77. The van der Waals surface area contributed by atoms with E-state index in [1.165, 1.54) is 0 Å². The van der Waals surface area contributed by atoms with Crippen LogP contribution in [0.25, 0.3) is 0 Å². The molecule has 0 aliphatic rings. The minimum atomic E-state index is -0.382. The number of halogens is 1. The van der Waals surface area contributed by atoms with Crippen molar-refractivity contribution in [1.82, 2.24) is 16.2 Å². The fourth-order valence-corrected chi connectivity index (χ4v) is 2.87. The highest BCUT2D eigenvalue weighted by Crippen LogP contribution is 2.21. The predicted molar refractivity (Wildman–Crippen MR) is 108 cm³/mol. The third-order valence-corrected chi connectivity index (χ3v) is 4.26. The number of ether oxygens (including phenoxy) is 1. The molecule has 0 radical (unpaired) electrons. The van der Waals surface area contributed by atoms with E-state index in [0.717, 1.165) is 9.13 Å². The molecule has 0 spiro atoms. The van der Waals surface area contributed by atoms with E-state index in [-0.39, 0.29) is 16.9 Å². The first-order chi connectivity index (χ1) is 11.9. The molecule has 2 aromatic rings. The summed E-state index contributed by atoms with van der Waals surface area (Å²) in [7, 11) is 1.56. The highest BCUT2D eigenvalue weighted by Gasteiger charge is 2.11. The molecule has 8 heteroatoms. The molecule has 6 nitrogen and oxygen atoms in total. The van der Waals surface area contributed by atoms with Crippen LogP contribution >= 0.6 is 34.8 Å². The summed E-state index contributed by atoms with van der Waals surface area (Å²) in [5, 5.41) is 2.51. The van der Waals surface area contributed by atoms with Gasteiger partial charge >= 0.3 is 0 Å². The number of aryl methyl sites for hydroxylation is 1. The molecule has 0 atom stereocenters. The van der Waals surface area contributed by atoms with Gasteiger partial charge in [-0.05, 0) is 72.1 Å². The Morgan fingerprint density at radius 1 is 1.04 bits per heavy atom. The van der Waals surface area contributed by atoms with Crippen molar-refractivity contribution in [2.45, 2.75) is 6.92 Å². The lowest BCUT2D eigenvalue weighted by molar-refractivity contribution is 0.0934. The summed E-state index contributed by atoms with van der Waals surface area (Å²) < 4.78 is 5.96. The van der Waals surface area contributed by atoms with Gasteiger partial charge in [-0.25, -0.2) is 0 Å². The molecule has 0 aliphatic carbocycles. The van der Waals surface area contributed by atoms with Crippen LogP contribution in [0.5, 0.6) is 5.75 Å². The Bertz CT molecular complexity index is 827. The minimum absolute atomic E-state index is 0.00284. The van der Waals surface area contributed by atoms with E-state index in [1.54, 1.807) is 43.5 Å². The second-order valence-electron chi connectivity index (χ2n) is 5.08. The van der Waals surface area contributed by atoms with Crippen LogP contribution < -0.4 is 20.9 Å². The number of hydrazine groups is 1. The lowest BCUT2D eigenvalue weighted by Gasteiger charge is -2.11. The molecule has 25 heavy (non-hydrogen) atoms. The number of hydrogen-bond acceptors (Lipinski definition) is 4. The number of rotatable bonds is 3. The van der Waals surface area contributed by atoms with Gasteiger partial charge in [0.05, 0.1) is 10.7 Å². The highest BCUT2D eigenvalue weighted by molar-refractivity contribution is 14.1. The topological polar surface area (TPSA) is 79.5 Å². The molecule has 3 N–H and O–H groups in total. The maximum Gasteiger partial charge on any atom is 0.269 e. The van der Waals surface area contributed by atoms with Gasteiger partial charge in [-0.15, -0.1) is 0 Å². The Morgan fingerprint density at radius 3 is 2.40 bits per heavy atom. The van der Waals surface area contributed by atoms with Crippen molar-refractivity contribution in [3.63, 3.8) is 0 Å². The van der Waals surface area contributed by atoms with Gasteiger partial charge in [0.2, 0.25) is 0 Å². The third-order valence-electron chi connectivity index (χ3n) is 3.21. The van der Waals surface area contributed by atoms with Gasteiger partial charge in [0.25, 0.3) is 11.8 Å². The third kappa shape index (κ3) is 5.40. The van der Waals surface area contributed by atoms with Crippen molar-refractivity contribution in [2.24, 2.45) is 0 Å². The minimum Gasteiger partial charge on any atom is -0.496 e. The summed E-state index contributed by atoms with van der Waals surface area (Å²) in [6, 6.07) is 12.1. The lowest BCUT2D eigenvalue weighted by atomic mass is 10.1. The summed E-state index contributed by atoms with van der Waals surface area (Å²) in [5.74, 6) is -0.0479. The number of amides is 2. The highest BCUT2D eigenvalue weighted by atomic mass is 127. The largest absolute Gasteiger partial charge is 0.496 e. The van der Waals surface area contributed by atoms with Crippen LogP contribution in [-0.2, 0) is 0 Å². The quantitative estimate of drug-likeness (QED) is 0.366. The maximum absolute atomic E-state index is 12.1. The molecule has 0 unspecified atom stereocenters. The number of benzene rings is 2. The van der Waals surface area contributed by atoms with Crippen molar-refractivity contribution in [2.75, 3.05) is 7.11 Å². The van der Waals surface area contributed by atoms with Crippen LogP contribution in [-0.4, -0.2) is 24.0 Å². The van der Waals surface area contributed by atoms with Crippen LogP contribution in [0.1, 0.15) is 26.3 Å². The van der Waals surface area contributed by atoms with E-state index in [9.17, 15) is 9.59 Å². The van der Waals surface area contributed by atoms with Crippen LogP contribution in [0.15, 0.2) is 42.5 Å². The van der Waals surface area contributed by atoms with Gasteiger partial charge in [-0.3, -0.25) is 25.8 Å². The van der Waals surface area contributed by atoms with Crippen molar-refractivity contribution in [3.05, 3.63) is 62.7 Å². The van der Waals surface area contributed by atoms with Crippen molar-refractivity contribution >= 4 is 51.7 Å². The molecule has 0 saturated carbocycles. The van der Waals surface area contributed by atoms with E-state index < -0.39 is 0 Å². The standard InChI is InChI=1S/C17H16IN3O3S/c1-10-4-3-5-11(8-10)15(22)19-17(25)21-20-16(23)12-6-7-14(24-2)13(18)9-12/h3-9H,1-2H3,(H,20,23)(H2,19,21,22,25). The summed E-state index contributed by atoms with van der Waals surface area (Å²) in [5.41, 5.74) is 6.84. The Hall–Kier alpha value is -2.20. The molecule has 0 saturated heterocycles. The van der Waals surface area contributed by atoms with Gasteiger partial charge in [-0.1, -0.05) is 17.7 Å². The molecule has 0 fully saturated rings. The zero-order valence-corrected chi connectivity index (χ0v) is 16.5. The molecule has 2 amide bonds. The molecular formula is C17H16IN3O3S. The fraction of sp³-hybridized carbons (Fsp3) is 0.118. The summed E-state index contributed by atoms with van der Waals surface area (Å²) in [6.45, 7) is 1.89. The SMILES string of the molecule is COc1ccc(C(=O)NNC(=S)NC(=O)c2cccc(C)c2)cc1I. The van der Waals surface area contributed by atoms with E-state index in [1.807, 2.05) is 13.0 Å². The van der Waals surface area contributed by atoms with E-state index >= 15 is 0 Å². The molecule has 0 bridgehead atoms. The van der Waals surface area contributed by atoms with Crippen LogP contribution in [0.3, 0.4) is 0 Å². The first kappa shape index (κ1) is 19.1. The average molecular weight is 469 g/mol. The van der Waals surface area contributed by atoms with Crippen LogP contribution in [0.4, 0.5) is 0 Å². The number of nitrogens with one attached hydrogen (secondary N) is 3. The normalized spacial score (nSPS) is 9.88. The monoisotopic (exact) mass is 469 g/mol. The Morgan fingerprint density at radius 2 is 1.76 bits per heavy atom. The number of carbonyl (C=O) groups excluding carboxylic acids is 2. The van der Waals surface area contributed by atoms with Crippen LogP contribution in [0.2, 0.25) is 0 Å². The van der Waals surface area contributed by atoms with E-state index in [2.05, 4.69) is 38.8 Å². The maximum atomic E-state index is 12.1. The Balaban J connectivity index is 1.90. The van der Waals surface area contributed by atoms with Gasteiger partial charge in [0, 0.05) is 11.1 Å². The molecule has 0 heterocycles. The zero-order chi connectivity index (χ0) is 18.4. The molecule has 130 valence electrons. The number of carbonyl (C=O) groups is 2. The fourth-order valence-electron chi connectivity index (χ4n) is 1.99. The zero-order valence-electron chi connectivity index (χ0n) is 13.6. The summed E-state index contributed by atoms with van der Waals surface area (Å²) >= 11 is 7.10. The molecule has 0 aliphatic heterocycles. The Labute approximate surface area is 164 Å². The van der Waals surface area contributed by atoms with Crippen molar-refractivity contribution in [1.29, 1.82) is 0 Å². The van der Waals surface area contributed by atoms with Crippen molar-refractivity contribution in [3.8, 4) is 5.75 Å². The van der Waals surface area contributed by atoms with E-state index in [4.69, 9.17) is 17.0 Å². The molecule has 0 aromatic heterocycles. The first-order valence-corrected chi connectivity index (χ1v) is 8.71. The van der Waals surface area contributed by atoms with Crippen molar-refractivity contribution < 1.29 is 14.3 Å². The molecule has 2 aromatic carbocycles. The first-order valence-electron chi connectivity index (χ1n) is 7.22. The van der Waals surface area contributed by atoms with Gasteiger partial charge in [-0.2, -0.15) is 0 Å². The number of thiocarbonyl (C=S) groups is 1. The summed E-state index contributed by atoms with van der Waals surface area (Å²) in [4.78, 5) is 24.2. The van der Waals surface area contributed by atoms with E-state index in [0.29, 0.717) is 16.9 Å². The van der Waals surface area contributed by atoms with Gasteiger partial charge in [0.15, 0.2) is 5.11 Å². The second-order valence-corrected chi connectivity index (χ2v) is 6.65. The smallest absolute Gasteiger partial charge is 0.269 e. The number of hydrogen-bond donors (Lipinski definition) is 3. The van der Waals surface area contributed by atoms with Gasteiger partial charge < -0.3 is 4.74 Å². The average Bonchev–Trinajstić information content (AvgIpc) is 2.59.